The molecule has 3 rings (SSSR count). The number of anilines is 1. The Kier molecular flexibility index (Phi) is 6.48. The molecule has 28 heavy (non-hydrogen) atoms. The summed E-state index contributed by atoms with van der Waals surface area (Å²) in [5, 5.41) is 2.76. The van der Waals surface area contributed by atoms with Crippen LogP contribution in [0.25, 0.3) is 0 Å². The highest BCUT2D eigenvalue weighted by Crippen LogP contribution is 2.28. The van der Waals surface area contributed by atoms with Gasteiger partial charge in [0.1, 0.15) is 0 Å². The fourth-order valence-corrected chi connectivity index (χ4v) is 5.40. The minimum absolute atomic E-state index is 0.225. The van der Waals surface area contributed by atoms with Crippen LogP contribution < -0.4 is 14.8 Å². The van der Waals surface area contributed by atoms with Gasteiger partial charge in [0.05, 0.1) is 19.1 Å². The summed E-state index contributed by atoms with van der Waals surface area (Å²) in [6.07, 6.45) is 0. The molecule has 0 atom stereocenters. The Bertz CT molecular complexity index is 939. The van der Waals surface area contributed by atoms with E-state index in [2.05, 4.69) is 5.32 Å². The molecule has 1 N–H and O–H groups in total. The normalized spacial score (nSPS) is 15.1. The number of hydrogen-bond donors (Lipinski definition) is 1. The highest BCUT2D eigenvalue weighted by atomic mass is 32.2. The summed E-state index contributed by atoms with van der Waals surface area (Å²) in [5.74, 6) is 2.27. The van der Waals surface area contributed by atoms with Crippen LogP contribution in [0.3, 0.4) is 0 Å². The van der Waals surface area contributed by atoms with Crippen molar-refractivity contribution in [3.05, 3.63) is 48.0 Å². The summed E-state index contributed by atoms with van der Waals surface area (Å²) in [6, 6.07) is 11.1. The van der Waals surface area contributed by atoms with E-state index in [1.807, 2.05) is 0 Å². The molecular weight excluding hydrogens is 400 g/mol. The van der Waals surface area contributed by atoms with Crippen molar-refractivity contribution < 1.29 is 22.7 Å². The van der Waals surface area contributed by atoms with Crippen LogP contribution in [0, 0.1) is 0 Å². The van der Waals surface area contributed by atoms with E-state index in [1.54, 1.807) is 42.1 Å². The second-order valence-electron chi connectivity index (χ2n) is 6.06. The Morgan fingerprint density at radius 3 is 2.25 bits per heavy atom. The molecule has 0 radical (unpaired) electrons. The zero-order chi connectivity index (χ0) is 20.1. The zero-order valence-corrected chi connectivity index (χ0v) is 17.3. The second kappa shape index (κ2) is 8.85. The average molecular weight is 423 g/mol. The van der Waals surface area contributed by atoms with Gasteiger partial charge < -0.3 is 14.8 Å². The van der Waals surface area contributed by atoms with Gasteiger partial charge in [-0.25, -0.2) is 8.42 Å². The third kappa shape index (κ3) is 4.43. The third-order valence-electron chi connectivity index (χ3n) is 4.37. The van der Waals surface area contributed by atoms with Gasteiger partial charge in [0, 0.05) is 35.8 Å². The van der Waals surface area contributed by atoms with Crippen LogP contribution >= 0.6 is 11.8 Å². The molecule has 1 aliphatic rings. The maximum Gasteiger partial charge on any atom is 0.255 e. The van der Waals surface area contributed by atoms with Crippen molar-refractivity contribution in [2.24, 2.45) is 0 Å². The smallest absolute Gasteiger partial charge is 0.255 e. The maximum atomic E-state index is 12.7. The summed E-state index contributed by atoms with van der Waals surface area (Å²) >= 11 is 1.75. The molecule has 0 aromatic heterocycles. The van der Waals surface area contributed by atoms with Gasteiger partial charge in [-0.15, -0.1) is 0 Å². The van der Waals surface area contributed by atoms with E-state index in [-0.39, 0.29) is 10.8 Å². The van der Waals surface area contributed by atoms with Crippen LogP contribution in [0.1, 0.15) is 10.4 Å². The topological polar surface area (TPSA) is 84.9 Å². The number of methoxy groups -OCH3 is 2. The molecule has 1 heterocycles. The Morgan fingerprint density at radius 1 is 1.00 bits per heavy atom. The molecule has 150 valence electrons. The highest BCUT2D eigenvalue weighted by molar-refractivity contribution is 7.99. The quantitative estimate of drug-likeness (QED) is 0.771. The van der Waals surface area contributed by atoms with E-state index in [4.69, 9.17) is 9.47 Å². The van der Waals surface area contributed by atoms with Crippen LogP contribution in [0.2, 0.25) is 0 Å². The molecule has 2 aromatic carbocycles. The van der Waals surface area contributed by atoms with Crippen molar-refractivity contribution in [2.75, 3.05) is 44.1 Å². The van der Waals surface area contributed by atoms with E-state index in [0.29, 0.717) is 35.8 Å². The summed E-state index contributed by atoms with van der Waals surface area (Å²) in [7, 11) is -0.476. The molecule has 9 heteroatoms. The number of carbonyl (C=O) groups excluding carboxylic acids is 1. The number of rotatable bonds is 6. The summed E-state index contributed by atoms with van der Waals surface area (Å²) in [6.45, 7) is 1.04. The summed E-state index contributed by atoms with van der Waals surface area (Å²) in [5.41, 5.74) is 0.910. The Morgan fingerprint density at radius 2 is 1.64 bits per heavy atom. The molecular formula is C19H22N2O5S2. The van der Waals surface area contributed by atoms with Crippen LogP contribution in [0.5, 0.6) is 11.5 Å². The fourth-order valence-electron chi connectivity index (χ4n) is 2.83. The van der Waals surface area contributed by atoms with Crippen molar-refractivity contribution in [3.63, 3.8) is 0 Å². The fraction of sp³-hybridized carbons (Fsp3) is 0.316. The van der Waals surface area contributed by atoms with Crippen LogP contribution in [0.4, 0.5) is 5.69 Å². The number of ether oxygens (including phenoxy) is 2. The predicted molar refractivity (Wildman–Crippen MR) is 110 cm³/mol. The number of nitrogens with one attached hydrogen (secondary N) is 1. The Hall–Kier alpha value is -2.23. The van der Waals surface area contributed by atoms with E-state index < -0.39 is 10.0 Å². The first-order valence-corrected chi connectivity index (χ1v) is 11.3. The van der Waals surface area contributed by atoms with Crippen LogP contribution in [-0.4, -0.2) is 57.4 Å². The molecule has 0 spiro atoms. The molecule has 2 aromatic rings. The average Bonchev–Trinajstić information content (AvgIpc) is 2.74. The molecule has 7 nitrogen and oxygen atoms in total. The second-order valence-corrected chi connectivity index (χ2v) is 9.23. The molecule has 0 saturated carbocycles. The van der Waals surface area contributed by atoms with Gasteiger partial charge in [0.25, 0.3) is 5.91 Å². The van der Waals surface area contributed by atoms with Crippen molar-refractivity contribution in [2.45, 2.75) is 4.90 Å². The van der Waals surface area contributed by atoms with Gasteiger partial charge in [0.2, 0.25) is 10.0 Å². The van der Waals surface area contributed by atoms with E-state index in [9.17, 15) is 13.2 Å². The number of thioether (sulfide) groups is 1. The van der Waals surface area contributed by atoms with Gasteiger partial charge in [-0.1, -0.05) is 0 Å². The van der Waals surface area contributed by atoms with Crippen LogP contribution in [-0.2, 0) is 10.0 Å². The van der Waals surface area contributed by atoms with Crippen molar-refractivity contribution >= 4 is 33.4 Å². The van der Waals surface area contributed by atoms with E-state index in [0.717, 1.165) is 11.5 Å². The first-order chi connectivity index (χ1) is 13.5. The third-order valence-corrected chi connectivity index (χ3v) is 7.22. The number of amides is 1. The monoisotopic (exact) mass is 422 g/mol. The largest absolute Gasteiger partial charge is 0.493 e. The van der Waals surface area contributed by atoms with Gasteiger partial charge >= 0.3 is 0 Å². The summed E-state index contributed by atoms with van der Waals surface area (Å²) in [4.78, 5) is 12.7. The molecule has 0 aliphatic carbocycles. The lowest BCUT2D eigenvalue weighted by Crippen LogP contribution is -2.37. The van der Waals surface area contributed by atoms with Gasteiger partial charge in [-0.2, -0.15) is 16.1 Å². The standard InChI is InChI=1S/C19H22N2O5S2/c1-25-17-8-3-14(13-18(17)26-2)19(22)20-15-4-6-16(7-5-15)28(23,24)21-9-11-27-12-10-21/h3-8,13H,9-12H2,1-2H3,(H,20,22). The predicted octanol–water partition coefficient (Wildman–Crippen LogP) is 2.69. The number of sulfonamides is 1. The first kappa shape index (κ1) is 20.5. The molecule has 1 aliphatic heterocycles. The molecule has 1 amide bonds. The molecule has 1 fully saturated rings. The molecule has 0 bridgehead atoms. The van der Waals surface area contributed by atoms with E-state index in [1.165, 1.54) is 30.7 Å². The van der Waals surface area contributed by atoms with Crippen molar-refractivity contribution in [1.82, 2.24) is 4.31 Å². The minimum atomic E-state index is -3.50. The lowest BCUT2D eigenvalue weighted by Gasteiger charge is -2.25. The number of benzene rings is 2. The van der Waals surface area contributed by atoms with Crippen LogP contribution in [0.15, 0.2) is 47.4 Å². The number of hydrogen-bond acceptors (Lipinski definition) is 6. The minimum Gasteiger partial charge on any atom is -0.493 e. The number of carbonyl (C=O) groups is 1. The van der Waals surface area contributed by atoms with Gasteiger partial charge in [0.15, 0.2) is 11.5 Å². The van der Waals surface area contributed by atoms with E-state index >= 15 is 0 Å². The van der Waals surface area contributed by atoms with Crippen molar-refractivity contribution in [3.8, 4) is 11.5 Å². The molecule has 1 saturated heterocycles. The van der Waals surface area contributed by atoms with Gasteiger partial charge in [-0.3, -0.25) is 4.79 Å². The zero-order valence-electron chi connectivity index (χ0n) is 15.7. The first-order valence-electron chi connectivity index (χ1n) is 8.67. The Balaban J connectivity index is 1.73. The highest BCUT2D eigenvalue weighted by Gasteiger charge is 2.26. The lowest BCUT2D eigenvalue weighted by molar-refractivity contribution is 0.102. The Labute approximate surface area is 169 Å². The number of nitrogens with zero attached hydrogens (tertiary/aromatic N) is 1. The molecule has 0 unspecified atom stereocenters. The summed E-state index contributed by atoms with van der Waals surface area (Å²) < 4.78 is 37.2. The SMILES string of the molecule is COc1ccc(C(=O)Nc2ccc(S(=O)(=O)N3CCSCC3)cc2)cc1OC. The van der Waals surface area contributed by atoms with Gasteiger partial charge in [-0.05, 0) is 42.5 Å². The lowest BCUT2D eigenvalue weighted by atomic mass is 10.2. The van der Waals surface area contributed by atoms with Crippen molar-refractivity contribution in [1.29, 1.82) is 0 Å². The maximum absolute atomic E-state index is 12.7.